The van der Waals surface area contributed by atoms with Crippen LogP contribution in [0.1, 0.15) is 33.2 Å². The van der Waals surface area contributed by atoms with Crippen LogP contribution >= 0.6 is 11.6 Å². The van der Waals surface area contributed by atoms with Crippen molar-refractivity contribution in [3.8, 4) is 11.1 Å². The van der Waals surface area contributed by atoms with Crippen molar-refractivity contribution in [1.82, 2.24) is 0 Å². The summed E-state index contributed by atoms with van der Waals surface area (Å²) in [5, 5.41) is 0.627. The summed E-state index contributed by atoms with van der Waals surface area (Å²) in [5.41, 5.74) is 3.42. The average molecular weight is 365 g/mol. The van der Waals surface area contributed by atoms with Crippen molar-refractivity contribution in [3.63, 3.8) is 0 Å². The quantitative estimate of drug-likeness (QED) is 0.439. The third-order valence-corrected chi connectivity index (χ3v) is 4.25. The fourth-order valence-electron chi connectivity index (χ4n) is 2.64. The zero-order valence-electron chi connectivity index (χ0n) is 14.2. The van der Waals surface area contributed by atoms with Crippen LogP contribution in [0.4, 0.5) is 0 Å². The second-order valence-electron chi connectivity index (χ2n) is 5.89. The molecule has 0 saturated carbocycles. The highest BCUT2D eigenvalue weighted by atomic mass is 35.5. The molecule has 130 valence electrons. The Morgan fingerprint density at radius 2 is 1.62 bits per heavy atom. The van der Waals surface area contributed by atoms with Gasteiger partial charge >= 0.3 is 5.97 Å². The van der Waals surface area contributed by atoms with Crippen molar-refractivity contribution < 1.29 is 14.3 Å². The highest BCUT2D eigenvalue weighted by molar-refractivity contribution is 6.30. The van der Waals surface area contributed by atoms with E-state index in [2.05, 4.69) is 0 Å². The molecule has 0 aliphatic heterocycles. The molecule has 0 aliphatic carbocycles. The molecule has 0 fully saturated rings. The van der Waals surface area contributed by atoms with Crippen LogP contribution in [0.3, 0.4) is 0 Å². The van der Waals surface area contributed by atoms with E-state index < -0.39 is 5.97 Å². The van der Waals surface area contributed by atoms with Gasteiger partial charge in [-0.1, -0.05) is 60.1 Å². The van der Waals surface area contributed by atoms with Gasteiger partial charge in [0.2, 0.25) is 0 Å². The van der Waals surface area contributed by atoms with E-state index in [0.29, 0.717) is 16.1 Å². The number of hydrogen-bond acceptors (Lipinski definition) is 3. The molecular weight excluding hydrogens is 348 g/mol. The van der Waals surface area contributed by atoms with Crippen LogP contribution in [-0.2, 0) is 11.3 Å². The van der Waals surface area contributed by atoms with Gasteiger partial charge in [0.25, 0.3) is 0 Å². The number of rotatable bonds is 5. The molecule has 0 spiro atoms. The summed E-state index contributed by atoms with van der Waals surface area (Å²) in [6, 6.07) is 21.7. The van der Waals surface area contributed by atoms with E-state index in [1.165, 1.54) is 6.92 Å². The molecule has 0 bridgehead atoms. The van der Waals surface area contributed by atoms with E-state index in [9.17, 15) is 9.59 Å². The average Bonchev–Trinajstić information content (AvgIpc) is 2.67. The number of halogens is 1. The van der Waals surface area contributed by atoms with E-state index >= 15 is 0 Å². The van der Waals surface area contributed by atoms with E-state index in [1.54, 1.807) is 42.5 Å². The minimum Gasteiger partial charge on any atom is -0.457 e. The molecule has 3 aromatic rings. The third kappa shape index (κ3) is 4.19. The van der Waals surface area contributed by atoms with E-state index in [4.69, 9.17) is 16.3 Å². The molecule has 3 rings (SSSR count). The minimum absolute atomic E-state index is 0.101. The first-order valence-electron chi connectivity index (χ1n) is 8.16. The van der Waals surface area contributed by atoms with Crippen LogP contribution in [0, 0.1) is 0 Å². The van der Waals surface area contributed by atoms with E-state index in [-0.39, 0.29) is 12.4 Å². The first kappa shape index (κ1) is 17.9. The Hall–Kier alpha value is -2.91. The van der Waals surface area contributed by atoms with Crippen molar-refractivity contribution in [2.75, 3.05) is 0 Å². The first-order chi connectivity index (χ1) is 12.5. The molecule has 26 heavy (non-hydrogen) atoms. The Morgan fingerprint density at radius 1 is 0.923 bits per heavy atom. The summed E-state index contributed by atoms with van der Waals surface area (Å²) in [6.45, 7) is 1.64. The topological polar surface area (TPSA) is 43.4 Å². The lowest BCUT2D eigenvalue weighted by Crippen LogP contribution is -2.07. The molecule has 0 N–H and O–H groups in total. The summed E-state index contributed by atoms with van der Waals surface area (Å²) in [6.07, 6.45) is 0. The third-order valence-electron chi connectivity index (χ3n) is 4.00. The van der Waals surface area contributed by atoms with Crippen LogP contribution in [0.5, 0.6) is 0 Å². The standard InChI is InChI=1S/C22H17ClO3/c1-15(24)21-13-18(9-12-20(21)17-5-3-2-4-6-17)22(25)26-14-16-7-10-19(23)11-8-16/h2-13H,14H2,1H3. The summed E-state index contributed by atoms with van der Waals surface area (Å²) in [4.78, 5) is 24.4. The molecule has 3 aromatic carbocycles. The van der Waals surface area contributed by atoms with Gasteiger partial charge in [-0.05, 0) is 47.9 Å². The van der Waals surface area contributed by atoms with Gasteiger partial charge in [-0.25, -0.2) is 4.79 Å². The maximum Gasteiger partial charge on any atom is 0.338 e. The van der Waals surface area contributed by atoms with Gasteiger partial charge < -0.3 is 4.74 Å². The predicted octanol–water partition coefficient (Wildman–Crippen LogP) is 5.57. The Balaban J connectivity index is 1.81. The summed E-state index contributed by atoms with van der Waals surface area (Å²) < 4.78 is 5.34. The largest absolute Gasteiger partial charge is 0.457 e. The van der Waals surface area contributed by atoms with Crippen molar-refractivity contribution in [2.45, 2.75) is 13.5 Å². The normalized spacial score (nSPS) is 10.4. The fraction of sp³-hybridized carbons (Fsp3) is 0.0909. The molecule has 0 unspecified atom stereocenters. The Morgan fingerprint density at radius 3 is 2.27 bits per heavy atom. The summed E-state index contributed by atoms with van der Waals surface area (Å²) in [7, 11) is 0. The van der Waals surface area contributed by atoms with Gasteiger partial charge in [0.15, 0.2) is 5.78 Å². The zero-order valence-corrected chi connectivity index (χ0v) is 15.0. The van der Waals surface area contributed by atoms with Crippen molar-refractivity contribution in [2.24, 2.45) is 0 Å². The van der Waals surface area contributed by atoms with Crippen molar-refractivity contribution in [3.05, 3.63) is 94.5 Å². The van der Waals surface area contributed by atoms with Gasteiger partial charge in [-0.15, -0.1) is 0 Å². The molecule has 0 amide bonds. The van der Waals surface area contributed by atoms with Crippen LogP contribution in [-0.4, -0.2) is 11.8 Å². The molecule has 0 atom stereocenters. The van der Waals surface area contributed by atoms with Gasteiger partial charge in [-0.3, -0.25) is 4.79 Å². The maximum atomic E-state index is 12.3. The highest BCUT2D eigenvalue weighted by Gasteiger charge is 2.14. The smallest absolute Gasteiger partial charge is 0.338 e. The van der Waals surface area contributed by atoms with Crippen LogP contribution in [0.2, 0.25) is 5.02 Å². The second-order valence-corrected chi connectivity index (χ2v) is 6.32. The number of hydrogen-bond donors (Lipinski definition) is 0. The highest BCUT2D eigenvalue weighted by Crippen LogP contribution is 2.25. The lowest BCUT2D eigenvalue weighted by atomic mass is 9.95. The Bertz CT molecular complexity index is 931. The molecule has 0 saturated heterocycles. The van der Waals surface area contributed by atoms with Crippen LogP contribution in [0.25, 0.3) is 11.1 Å². The van der Waals surface area contributed by atoms with Crippen molar-refractivity contribution >= 4 is 23.4 Å². The molecule has 3 nitrogen and oxygen atoms in total. The molecule has 4 heteroatoms. The second kappa shape index (κ2) is 7.98. The van der Waals surface area contributed by atoms with Gasteiger partial charge in [0.05, 0.1) is 5.56 Å². The molecule has 0 radical (unpaired) electrons. The first-order valence-corrected chi connectivity index (χ1v) is 8.54. The van der Waals surface area contributed by atoms with Crippen LogP contribution in [0.15, 0.2) is 72.8 Å². The van der Waals surface area contributed by atoms with Gasteiger partial charge in [0, 0.05) is 10.6 Å². The van der Waals surface area contributed by atoms with Crippen LogP contribution < -0.4 is 0 Å². The molecule has 0 aromatic heterocycles. The summed E-state index contributed by atoms with van der Waals surface area (Å²) in [5.74, 6) is -0.571. The van der Waals surface area contributed by atoms with E-state index in [1.807, 2.05) is 30.3 Å². The number of ether oxygens (including phenoxy) is 1. The number of benzene rings is 3. The lowest BCUT2D eigenvalue weighted by molar-refractivity contribution is 0.0472. The molecule has 0 aliphatic rings. The SMILES string of the molecule is CC(=O)c1cc(C(=O)OCc2ccc(Cl)cc2)ccc1-c1ccccc1. The molecular formula is C22H17ClO3. The predicted molar refractivity (Wildman–Crippen MR) is 102 cm³/mol. The van der Waals surface area contributed by atoms with Gasteiger partial charge in [0.1, 0.15) is 6.61 Å². The molecule has 0 heterocycles. The summed E-state index contributed by atoms with van der Waals surface area (Å²) >= 11 is 5.84. The number of ketones is 1. The maximum absolute atomic E-state index is 12.3. The lowest BCUT2D eigenvalue weighted by Gasteiger charge is -2.10. The minimum atomic E-state index is -0.470. The van der Waals surface area contributed by atoms with Gasteiger partial charge in [-0.2, -0.15) is 0 Å². The number of carbonyl (C=O) groups is 2. The Kier molecular flexibility index (Phi) is 5.49. The van der Waals surface area contributed by atoms with Crippen molar-refractivity contribution in [1.29, 1.82) is 0 Å². The number of carbonyl (C=O) groups excluding carboxylic acids is 2. The monoisotopic (exact) mass is 364 g/mol. The Labute approximate surface area is 157 Å². The fourth-order valence-corrected chi connectivity index (χ4v) is 2.77. The number of Topliss-reactive ketones (excluding diaryl/α,β-unsaturated/α-hetero) is 1. The zero-order chi connectivity index (χ0) is 18.5. The van der Waals surface area contributed by atoms with E-state index in [0.717, 1.165) is 16.7 Å². The number of esters is 1.